The van der Waals surface area contributed by atoms with Crippen LogP contribution in [0.4, 0.5) is 5.69 Å². The van der Waals surface area contributed by atoms with Gasteiger partial charge >= 0.3 is 5.97 Å². The van der Waals surface area contributed by atoms with Crippen LogP contribution in [0.3, 0.4) is 0 Å². The Morgan fingerprint density at radius 2 is 2.08 bits per heavy atom. The highest BCUT2D eigenvalue weighted by atomic mass is 35.5. The number of carboxylic acids is 1. The van der Waals surface area contributed by atoms with E-state index in [1.807, 2.05) is 44.1 Å². The molecule has 3 N–H and O–H groups in total. The number of halogens is 1. The zero-order valence-corrected chi connectivity index (χ0v) is 14.8. The SMILES string of the molecule is C=CC1=C(N)C=C(c2ccc(Cl)c(N(C)C)c2C)CC=C1C(=O)O. The second kappa shape index (κ2) is 6.97. The molecule has 0 atom stereocenters. The number of anilines is 1. The van der Waals surface area contributed by atoms with Crippen molar-refractivity contribution < 1.29 is 9.90 Å². The molecule has 1 aromatic carbocycles. The summed E-state index contributed by atoms with van der Waals surface area (Å²) in [5.74, 6) is -1.01. The molecule has 1 aromatic rings. The number of nitrogens with two attached hydrogens (primary N) is 1. The molecule has 4 nitrogen and oxygen atoms in total. The topological polar surface area (TPSA) is 66.6 Å². The Morgan fingerprint density at radius 1 is 1.42 bits per heavy atom. The summed E-state index contributed by atoms with van der Waals surface area (Å²) in [6, 6.07) is 3.79. The monoisotopic (exact) mass is 344 g/mol. The van der Waals surface area contributed by atoms with Gasteiger partial charge in [0.2, 0.25) is 0 Å². The standard InChI is InChI=1S/C19H21ClN2O2/c1-5-13-15(19(23)24)7-6-12(10-17(13)21)14-8-9-16(20)18(11(14)2)22(3)4/h5,7-10H,1,6,21H2,2-4H3,(H,23,24). The second-order valence-corrected chi connectivity index (χ2v) is 6.24. The molecule has 0 amide bonds. The molecule has 0 spiro atoms. The van der Waals surface area contributed by atoms with E-state index in [0.29, 0.717) is 22.7 Å². The molecule has 0 fully saturated rings. The fraction of sp³-hybridized carbons (Fsp3) is 0.211. The van der Waals surface area contributed by atoms with Gasteiger partial charge < -0.3 is 15.7 Å². The lowest BCUT2D eigenvalue weighted by atomic mass is 9.96. The molecular weight excluding hydrogens is 324 g/mol. The average molecular weight is 345 g/mol. The summed E-state index contributed by atoms with van der Waals surface area (Å²) >= 11 is 6.31. The van der Waals surface area contributed by atoms with E-state index in [-0.39, 0.29) is 5.57 Å². The molecular formula is C19H21ClN2O2. The van der Waals surface area contributed by atoms with E-state index in [2.05, 4.69) is 6.58 Å². The van der Waals surface area contributed by atoms with Crippen LogP contribution in [0, 0.1) is 6.92 Å². The Bertz CT molecular complexity index is 802. The van der Waals surface area contributed by atoms with Crippen molar-refractivity contribution in [2.75, 3.05) is 19.0 Å². The van der Waals surface area contributed by atoms with E-state index in [4.69, 9.17) is 17.3 Å². The van der Waals surface area contributed by atoms with E-state index in [1.54, 1.807) is 6.08 Å². The summed E-state index contributed by atoms with van der Waals surface area (Å²) in [7, 11) is 3.87. The Labute approximate surface area is 147 Å². The quantitative estimate of drug-likeness (QED) is 0.869. The van der Waals surface area contributed by atoms with Crippen LogP contribution in [0.1, 0.15) is 17.5 Å². The normalized spacial score (nSPS) is 14.7. The minimum atomic E-state index is -1.01. The van der Waals surface area contributed by atoms with Gasteiger partial charge in [0.15, 0.2) is 0 Å². The van der Waals surface area contributed by atoms with Crippen molar-refractivity contribution in [3.63, 3.8) is 0 Å². The lowest BCUT2D eigenvalue weighted by Crippen LogP contribution is -2.12. The van der Waals surface area contributed by atoms with Gasteiger partial charge in [0.25, 0.3) is 0 Å². The van der Waals surface area contributed by atoms with Crippen molar-refractivity contribution >= 4 is 28.8 Å². The first kappa shape index (κ1) is 17.9. The molecule has 0 saturated heterocycles. The number of nitrogens with zero attached hydrogens (tertiary/aromatic N) is 1. The highest BCUT2D eigenvalue weighted by Crippen LogP contribution is 2.36. The first-order chi connectivity index (χ1) is 11.3. The average Bonchev–Trinajstić information content (AvgIpc) is 2.65. The molecule has 0 heterocycles. The number of carboxylic acid groups (broad SMARTS) is 1. The predicted octanol–water partition coefficient (Wildman–Crippen LogP) is 3.91. The second-order valence-electron chi connectivity index (χ2n) is 5.83. The molecule has 1 aliphatic carbocycles. The highest BCUT2D eigenvalue weighted by molar-refractivity contribution is 6.33. The van der Waals surface area contributed by atoms with Gasteiger partial charge in [0.1, 0.15) is 0 Å². The Hall–Kier alpha value is -2.46. The number of hydrogen-bond acceptors (Lipinski definition) is 3. The van der Waals surface area contributed by atoms with Crippen molar-refractivity contribution in [1.29, 1.82) is 0 Å². The van der Waals surface area contributed by atoms with Gasteiger partial charge in [-0.3, -0.25) is 0 Å². The molecule has 0 aromatic heterocycles. The van der Waals surface area contributed by atoms with Crippen molar-refractivity contribution in [3.8, 4) is 0 Å². The van der Waals surface area contributed by atoms with E-state index in [0.717, 1.165) is 22.4 Å². The first-order valence-electron chi connectivity index (χ1n) is 7.51. The van der Waals surface area contributed by atoms with Gasteiger partial charge in [-0.15, -0.1) is 0 Å². The van der Waals surface area contributed by atoms with Gasteiger partial charge in [-0.25, -0.2) is 4.79 Å². The van der Waals surface area contributed by atoms with Gasteiger partial charge in [-0.2, -0.15) is 0 Å². The molecule has 0 radical (unpaired) electrons. The molecule has 24 heavy (non-hydrogen) atoms. The van der Waals surface area contributed by atoms with Crippen LogP contribution in [0.15, 0.2) is 53.8 Å². The van der Waals surface area contributed by atoms with E-state index in [1.165, 1.54) is 6.08 Å². The van der Waals surface area contributed by atoms with Crippen LogP contribution in [-0.4, -0.2) is 25.2 Å². The minimum absolute atomic E-state index is 0.174. The van der Waals surface area contributed by atoms with Crippen LogP contribution >= 0.6 is 11.6 Å². The Balaban J connectivity index is 2.63. The third kappa shape index (κ3) is 3.24. The van der Waals surface area contributed by atoms with Crippen LogP contribution < -0.4 is 10.6 Å². The predicted molar refractivity (Wildman–Crippen MR) is 100 cm³/mol. The number of rotatable bonds is 4. The molecule has 5 heteroatoms. The molecule has 1 aliphatic rings. The number of benzene rings is 1. The van der Waals surface area contributed by atoms with Gasteiger partial charge in [0.05, 0.1) is 16.3 Å². The molecule has 0 unspecified atom stereocenters. The largest absolute Gasteiger partial charge is 0.478 e. The highest BCUT2D eigenvalue weighted by Gasteiger charge is 2.19. The van der Waals surface area contributed by atoms with Gasteiger partial charge in [-0.05, 0) is 42.2 Å². The maximum atomic E-state index is 11.5. The summed E-state index contributed by atoms with van der Waals surface area (Å²) in [6.07, 6.45) is 5.44. The van der Waals surface area contributed by atoms with Crippen LogP contribution in [0.5, 0.6) is 0 Å². The lowest BCUT2D eigenvalue weighted by Gasteiger charge is -2.21. The summed E-state index contributed by atoms with van der Waals surface area (Å²) < 4.78 is 0. The van der Waals surface area contributed by atoms with E-state index in [9.17, 15) is 9.90 Å². The maximum Gasteiger partial charge on any atom is 0.336 e. The fourth-order valence-electron chi connectivity index (χ4n) is 2.98. The van der Waals surface area contributed by atoms with Crippen molar-refractivity contribution in [3.05, 3.63) is 69.9 Å². The van der Waals surface area contributed by atoms with Crippen LogP contribution in [0.2, 0.25) is 5.02 Å². The number of aliphatic carboxylic acids is 1. The molecule has 0 aliphatic heterocycles. The zero-order chi connectivity index (χ0) is 18.0. The van der Waals surface area contributed by atoms with E-state index < -0.39 is 5.97 Å². The molecule has 2 rings (SSSR count). The molecule has 0 bridgehead atoms. The molecule has 0 saturated carbocycles. The summed E-state index contributed by atoms with van der Waals surface area (Å²) in [6.45, 7) is 5.68. The van der Waals surface area contributed by atoms with Crippen molar-refractivity contribution in [2.24, 2.45) is 5.73 Å². The van der Waals surface area contributed by atoms with E-state index >= 15 is 0 Å². The number of hydrogen-bond donors (Lipinski definition) is 2. The minimum Gasteiger partial charge on any atom is -0.478 e. The van der Waals surface area contributed by atoms with Crippen molar-refractivity contribution in [2.45, 2.75) is 13.3 Å². The lowest BCUT2D eigenvalue weighted by molar-refractivity contribution is -0.132. The third-order valence-corrected chi connectivity index (χ3v) is 4.37. The van der Waals surface area contributed by atoms with Gasteiger partial charge in [0, 0.05) is 25.4 Å². The summed E-state index contributed by atoms with van der Waals surface area (Å²) in [4.78, 5) is 13.4. The van der Waals surface area contributed by atoms with Crippen LogP contribution in [0.25, 0.3) is 5.57 Å². The smallest absolute Gasteiger partial charge is 0.336 e. The van der Waals surface area contributed by atoms with Crippen molar-refractivity contribution in [1.82, 2.24) is 0 Å². The third-order valence-electron chi connectivity index (χ3n) is 4.07. The molecule has 126 valence electrons. The number of carbonyl (C=O) groups is 1. The van der Waals surface area contributed by atoms with Gasteiger partial charge in [-0.1, -0.05) is 36.4 Å². The maximum absolute atomic E-state index is 11.5. The summed E-state index contributed by atoms with van der Waals surface area (Å²) in [5.41, 5.74) is 11.0. The summed E-state index contributed by atoms with van der Waals surface area (Å²) in [5, 5.41) is 10.1. The number of allylic oxidation sites excluding steroid dienone is 4. The Kier molecular flexibility index (Phi) is 5.20. The first-order valence-corrected chi connectivity index (χ1v) is 7.89. The fourth-order valence-corrected chi connectivity index (χ4v) is 3.36. The Morgan fingerprint density at radius 3 is 2.62 bits per heavy atom. The van der Waals surface area contributed by atoms with Crippen LogP contribution in [-0.2, 0) is 4.79 Å². The zero-order valence-electron chi connectivity index (χ0n) is 14.1.